The maximum Gasteiger partial charge on any atom is 0.339 e. The van der Waals surface area contributed by atoms with Crippen LogP contribution in [0.4, 0.5) is 0 Å². The summed E-state index contributed by atoms with van der Waals surface area (Å²) in [5.74, 6) is -0.00982. The zero-order chi connectivity index (χ0) is 26.3. The number of rotatable bonds is 6. The van der Waals surface area contributed by atoms with Crippen LogP contribution < -0.4 is 4.18 Å². The maximum absolute atomic E-state index is 14.0. The van der Waals surface area contributed by atoms with Gasteiger partial charge in [0, 0.05) is 5.56 Å². The van der Waals surface area contributed by atoms with Gasteiger partial charge in [-0.15, -0.1) is 0 Å². The van der Waals surface area contributed by atoms with E-state index in [1.54, 1.807) is 0 Å². The van der Waals surface area contributed by atoms with Crippen molar-refractivity contribution in [2.24, 2.45) is 0 Å². The summed E-state index contributed by atoms with van der Waals surface area (Å²) >= 11 is 0. The molecule has 1 aliphatic rings. The molecule has 0 atom stereocenters. The Morgan fingerprint density at radius 2 is 1.44 bits per heavy atom. The van der Waals surface area contributed by atoms with Crippen molar-refractivity contribution in [2.75, 3.05) is 0 Å². The summed E-state index contributed by atoms with van der Waals surface area (Å²) in [7, 11) is -8.72. The SMILES string of the molecule is CC(C)c1cc2ccccc2c(C(C)C)c1S(=O)(=O)Oc1ccc(S(=O)(=O)O)c2c1CCCCCC2. The molecule has 0 unspecified atom stereocenters. The Morgan fingerprint density at radius 1 is 0.806 bits per heavy atom. The van der Waals surface area contributed by atoms with E-state index >= 15 is 0 Å². The second kappa shape index (κ2) is 10.1. The molecule has 0 aliphatic heterocycles. The van der Waals surface area contributed by atoms with E-state index in [0.29, 0.717) is 35.1 Å². The third-order valence-electron chi connectivity index (χ3n) is 6.94. The van der Waals surface area contributed by atoms with Crippen LogP contribution in [0.25, 0.3) is 10.8 Å². The van der Waals surface area contributed by atoms with Gasteiger partial charge in [-0.2, -0.15) is 16.8 Å². The molecule has 0 amide bonds. The van der Waals surface area contributed by atoms with E-state index in [1.807, 2.05) is 58.0 Å². The van der Waals surface area contributed by atoms with Gasteiger partial charge in [-0.3, -0.25) is 4.55 Å². The van der Waals surface area contributed by atoms with Crippen LogP contribution in [-0.2, 0) is 33.1 Å². The lowest BCUT2D eigenvalue weighted by Crippen LogP contribution is -2.18. The summed E-state index contributed by atoms with van der Waals surface area (Å²) in [5, 5.41) is 1.85. The Bertz CT molecular complexity index is 1500. The van der Waals surface area contributed by atoms with Gasteiger partial charge in [0.25, 0.3) is 10.1 Å². The molecule has 1 aliphatic carbocycles. The summed E-state index contributed by atoms with van der Waals surface area (Å²) < 4.78 is 67.9. The van der Waals surface area contributed by atoms with Crippen LogP contribution in [0.5, 0.6) is 5.75 Å². The molecular weight excluding hydrogens is 496 g/mol. The van der Waals surface area contributed by atoms with Gasteiger partial charge in [0.15, 0.2) is 0 Å². The van der Waals surface area contributed by atoms with E-state index in [4.69, 9.17) is 4.18 Å². The average molecular weight is 531 g/mol. The molecular formula is C28H34O6S2. The summed E-state index contributed by atoms with van der Waals surface area (Å²) in [6, 6.07) is 12.3. The molecule has 0 radical (unpaired) electrons. The lowest BCUT2D eigenvalue weighted by atomic mass is 9.90. The van der Waals surface area contributed by atoms with Crippen molar-refractivity contribution < 1.29 is 25.6 Å². The van der Waals surface area contributed by atoms with Crippen LogP contribution in [-0.4, -0.2) is 21.4 Å². The van der Waals surface area contributed by atoms with Crippen LogP contribution >= 0.6 is 0 Å². The van der Waals surface area contributed by atoms with E-state index in [-0.39, 0.29) is 27.4 Å². The molecule has 1 N–H and O–H groups in total. The van der Waals surface area contributed by atoms with Crippen LogP contribution in [0.3, 0.4) is 0 Å². The fourth-order valence-corrected chi connectivity index (χ4v) is 7.75. The molecule has 0 saturated carbocycles. The summed E-state index contributed by atoms with van der Waals surface area (Å²) in [6.45, 7) is 7.87. The van der Waals surface area contributed by atoms with Crippen molar-refractivity contribution in [3.8, 4) is 5.75 Å². The molecule has 0 heterocycles. The second-order valence-corrected chi connectivity index (χ2v) is 13.1. The Hall–Kier alpha value is -2.42. The first-order chi connectivity index (χ1) is 16.9. The monoisotopic (exact) mass is 530 g/mol. The lowest BCUT2D eigenvalue weighted by molar-refractivity contribution is 0.473. The van der Waals surface area contributed by atoms with Crippen molar-refractivity contribution in [3.05, 3.63) is 64.7 Å². The van der Waals surface area contributed by atoms with Crippen molar-refractivity contribution >= 4 is 31.0 Å². The normalized spacial score (nSPS) is 15.1. The highest BCUT2D eigenvalue weighted by atomic mass is 32.2. The van der Waals surface area contributed by atoms with Crippen molar-refractivity contribution in [1.29, 1.82) is 0 Å². The minimum absolute atomic E-state index is 0.0667. The highest BCUT2D eigenvalue weighted by molar-refractivity contribution is 7.87. The van der Waals surface area contributed by atoms with Gasteiger partial charge in [0.2, 0.25) is 0 Å². The van der Waals surface area contributed by atoms with Gasteiger partial charge in [0.1, 0.15) is 10.6 Å². The third-order valence-corrected chi connectivity index (χ3v) is 9.24. The number of benzene rings is 3. The van der Waals surface area contributed by atoms with Crippen LogP contribution in [0.15, 0.2) is 52.3 Å². The van der Waals surface area contributed by atoms with Gasteiger partial charge in [-0.05, 0) is 83.2 Å². The Morgan fingerprint density at radius 3 is 2.06 bits per heavy atom. The number of fused-ring (bicyclic) bond motifs is 2. The maximum atomic E-state index is 14.0. The molecule has 3 aromatic rings. The smallest absolute Gasteiger partial charge is 0.339 e. The molecule has 0 bridgehead atoms. The van der Waals surface area contributed by atoms with E-state index in [2.05, 4.69) is 0 Å². The quantitative estimate of drug-likeness (QED) is 0.279. The van der Waals surface area contributed by atoms with E-state index < -0.39 is 20.2 Å². The van der Waals surface area contributed by atoms with Gasteiger partial charge in [-0.25, -0.2) is 0 Å². The highest BCUT2D eigenvalue weighted by Gasteiger charge is 2.31. The molecule has 0 saturated heterocycles. The number of hydrogen-bond acceptors (Lipinski definition) is 5. The topological polar surface area (TPSA) is 97.7 Å². The van der Waals surface area contributed by atoms with E-state index in [0.717, 1.165) is 36.5 Å². The van der Waals surface area contributed by atoms with Crippen LogP contribution in [0.1, 0.15) is 87.5 Å². The molecule has 3 aromatic carbocycles. The number of hydrogen-bond donors (Lipinski definition) is 1. The summed E-state index contributed by atoms with van der Waals surface area (Å²) in [6.07, 6.45) is 4.36. The van der Waals surface area contributed by atoms with E-state index in [1.165, 1.54) is 12.1 Å². The minimum Gasteiger partial charge on any atom is -0.379 e. The molecule has 4 rings (SSSR count). The first-order valence-electron chi connectivity index (χ1n) is 12.5. The first-order valence-corrected chi connectivity index (χ1v) is 15.4. The zero-order valence-electron chi connectivity index (χ0n) is 21.2. The van der Waals surface area contributed by atoms with Crippen LogP contribution in [0, 0.1) is 0 Å². The van der Waals surface area contributed by atoms with E-state index in [9.17, 15) is 21.4 Å². The highest BCUT2D eigenvalue weighted by Crippen LogP contribution is 2.40. The molecule has 0 fully saturated rings. The zero-order valence-corrected chi connectivity index (χ0v) is 22.9. The fourth-order valence-electron chi connectivity index (χ4n) is 5.29. The molecule has 0 spiro atoms. The predicted molar refractivity (Wildman–Crippen MR) is 142 cm³/mol. The molecule has 36 heavy (non-hydrogen) atoms. The summed E-state index contributed by atoms with van der Waals surface area (Å²) in [4.78, 5) is 0.0187. The Labute approximate surface area is 214 Å². The summed E-state index contributed by atoms with van der Waals surface area (Å²) in [5.41, 5.74) is 2.41. The van der Waals surface area contributed by atoms with Crippen molar-refractivity contribution in [1.82, 2.24) is 0 Å². The third kappa shape index (κ3) is 5.17. The fraction of sp³-hybridized carbons (Fsp3) is 0.429. The Balaban J connectivity index is 1.95. The van der Waals surface area contributed by atoms with Gasteiger partial charge in [-0.1, -0.05) is 64.8 Å². The average Bonchev–Trinajstić information content (AvgIpc) is 2.77. The molecule has 8 heteroatoms. The lowest BCUT2D eigenvalue weighted by Gasteiger charge is -2.24. The standard InChI is InChI=1S/C28H34O6S2/c1-18(2)24-17-20-11-9-10-12-21(20)27(19(3)4)28(24)36(32,33)34-25-15-16-26(35(29,30)31)23-14-8-6-5-7-13-22(23)25/h9-12,15-19H,5-8,13-14H2,1-4H3,(H,29,30,31). The van der Waals surface area contributed by atoms with Crippen LogP contribution in [0.2, 0.25) is 0 Å². The van der Waals surface area contributed by atoms with Crippen molar-refractivity contribution in [2.45, 2.75) is 87.8 Å². The van der Waals surface area contributed by atoms with Crippen molar-refractivity contribution in [3.63, 3.8) is 0 Å². The Kier molecular flexibility index (Phi) is 7.51. The van der Waals surface area contributed by atoms with Gasteiger partial charge >= 0.3 is 10.1 Å². The first kappa shape index (κ1) is 26.6. The second-order valence-electron chi connectivity index (χ2n) is 10.2. The largest absolute Gasteiger partial charge is 0.379 e. The molecule has 194 valence electrons. The van der Waals surface area contributed by atoms with Gasteiger partial charge < -0.3 is 4.18 Å². The predicted octanol–water partition coefficient (Wildman–Crippen LogP) is 6.76. The minimum atomic E-state index is -4.45. The van der Waals surface area contributed by atoms with Gasteiger partial charge in [0.05, 0.1) is 4.90 Å². The molecule has 6 nitrogen and oxygen atoms in total. The molecule has 0 aromatic heterocycles.